The number of ether oxygens (including phenoxy) is 1. The fourth-order valence-corrected chi connectivity index (χ4v) is 2.39. The van der Waals surface area contributed by atoms with Crippen molar-refractivity contribution >= 4 is 12.0 Å². The molecule has 1 saturated heterocycles. The lowest BCUT2D eigenvalue weighted by molar-refractivity contribution is -0.111. The molecular weight excluding hydrogens is 214 g/mol. The van der Waals surface area contributed by atoms with E-state index in [-0.39, 0.29) is 5.92 Å². The topological polar surface area (TPSA) is 29.5 Å². The lowest BCUT2D eigenvalue weighted by atomic mass is 9.97. The molecule has 0 aliphatic carbocycles. The third-order valence-corrected chi connectivity index (χ3v) is 3.48. The van der Waals surface area contributed by atoms with Crippen LogP contribution in [0.15, 0.2) is 18.2 Å². The van der Waals surface area contributed by atoms with Crippen LogP contribution in [-0.2, 0) is 4.79 Å². The first-order valence-electron chi connectivity index (χ1n) is 6.09. The second-order valence-electron chi connectivity index (χ2n) is 4.61. The summed E-state index contributed by atoms with van der Waals surface area (Å²) in [5.41, 5.74) is 2.49. The highest BCUT2D eigenvalue weighted by molar-refractivity contribution is 5.58. The SMILES string of the molecule is COc1ccc(N2CCC(C=O)CC2)c(C)c1. The Morgan fingerprint density at radius 2 is 2.06 bits per heavy atom. The average Bonchev–Trinajstić information content (AvgIpc) is 2.39. The van der Waals surface area contributed by atoms with Gasteiger partial charge in [0.2, 0.25) is 0 Å². The molecule has 92 valence electrons. The molecule has 1 aromatic carbocycles. The molecule has 0 aromatic heterocycles. The molecule has 3 heteroatoms. The highest BCUT2D eigenvalue weighted by Crippen LogP contribution is 2.28. The van der Waals surface area contributed by atoms with Gasteiger partial charge in [-0.15, -0.1) is 0 Å². The van der Waals surface area contributed by atoms with Gasteiger partial charge in [0.1, 0.15) is 12.0 Å². The summed E-state index contributed by atoms with van der Waals surface area (Å²) in [6, 6.07) is 6.16. The van der Waals surface area contributed by atoms with Crippen molar-refractivity contribution in [2.75, 3.05) is 25.1 Å². The van der Waals surface area contributed by atoms with Crippen molar-refractivity contribution in [3.8, 4) is 5.75 Å². The van der Waals surface area contributed by atoms with E-state index in [0.29, 0.717) is 0 Å². The van der Waals surface area contributed by atoms with Gasteiger partial charge in [-0.2, -0.15) is 0 Å². The zero-order valence-electron chi connectivity index (χ0n) is 10.5. The molecule has 0 bridgehead atoms. The van der Waals surface area contributed by atoms with E-state index in [4.69, 9.17) is 4.74 Å². The summed E-state index contributed by atoms with van der Waals surface area (Å²) in [5.74, 6) is 1.15. The second kappa shape index (κ2) is 5.21. The maximum atomic E-state index is 10.7. The summed E-state index contributed by atoms with van der Waals surface area (Å²) in [6.45, 7) is 4.04. The van der Waals surface area contributed by atoms with Crippen LogP contribution in [0.3, 0.4) is 0 Å². The van der Waals surface area contributed by atoms with Gasteiger partial charge in [-0.25, -0.2) is 0 Å². The van der Waals surface area contributed by atoms with Crippen molar-refractivity contribution in [1.29, 1.82) is 0 Å². The number of nitrogens with zero attached hydrogens (tertiary/aromatic N) is 1. The summed E-state index contributed by atoms with van der Waals surface area (Å²) < 4.78 is 5.21. The number of rotatable bonds is 3. The summed E-state index contributed by atoms with van der Waals surface area (Å²) in [6.07, 6.45) is 3.03. The van der Waals surface area contributed by atoms with Crippen molar-refractivity contribution in [3.05, 3.63) is 23.8 Å². The third kappa shape index (κ3) is 2.60. The summed E-state index contributed by atoms with van der Waals surface area (Å²) in [4.78, 5) is 13.1. The van der Waals surface area contributed by atoms with Crippen LogP contribution in [0.1, 0.15) is 18.4 Å². The summed E-state index contributed by atoms with van der Waals surface area (Å²) in [5, 5.41) is 0. The van der Waals surface area contributed by atoms with E-state index in [1.165, 1.54) is 11.3 Å². The molecule has 1 fully saturated rings. The fraction of sp³-hybridized carbons (Fsp3) is 0.500. The van der Waals surface area contributed by atoms with Crippen LogP contribution < -0.4 is 9.64 Å². The van der Waals surface area contributed by atoms with Crippen LogP contribution in [-0.4, -0.2) is 26.5 Å². The maximum absolute atomic E-state index is 10.7. The zero-order valence-corrected chi connectivity index (χ0v) is 10.5. The van der Waals surface area contributed by atoms with Crippen LogP contribution >= 0.6 is 0 Å². The Balaban J connectivity index is 2.10. The van der Waals surface area contributed by atoms with E-state index in [9.17, 15) is 4.79 Å². The average molecular weight is 233 g/mol. The Bertz CT molecular complexity index is 395. The monoisotopic (exact) mass is 233 g/mol. The first-order chi connectivity index (χ1) is 8.24. The van der Waals surface area contributed by atoms with E-state index in [2.05, 4.69) is 24.0 Å². The number of hydrogen-bond acceptors (Lipinski definition) is 3. The molecule has 0 N–H and O–H groups in total. The Morgan fingerprint density at radius 1 is 1.35 bits per heavy atom. The molecule has 0 amide bonds. The number of carbonyl (C=O) groups excluding carboxylic acids is 1. The lowest BCUT2D eigenvalue weighted by Crippen LogP contribution is -2.34. The van der Waals surface area contributed by atoms with Crippen molar-refractivity contribution < 1.29 is 9.53 Å². The first kappa shape index (κ1) is 12.0. The number of piperidine rings is 1. The highest BCUT2D eigenvalue weighted by atomic mass is 16.5. The predicted molar refractivity (Wildman–Crippen MR) is 68.7 cm³/mol. The largest absolute Gasteiger partial charge is 0.497 e. The van der Waals surface area contributed by atoms with Gasteiger partial charge in [0, 0.05) is 24.7 Å². The number of carbonyl (C=O) groups is 1. The first-order valence-corrected chi connectivity index (χ1v) is 6.09. The van der Waals surface area contributed by atoms with Crippen LogP contribution in [0.25, 0.3) is 0 Å². The molecule has 3 nitrogen and oxygen atoms in total. The van der Waals surface area contributed by atoms with Gasteiger partial charge in [-0.3, -0.25) is 0 Å². The number of benzene rings is 1. The number of aldehydes is 1. The van der Waals surface area contributed by atoms with E-state index < -0.39 is 0 Å². The second-order valence-corrected chi connectivity index (χ2v) is 4.61. The lowest BCUT2D eigenvalue weighted by Gasteiger charge is -2.32. The normalized spacial score (nSPS) is 16.9. The molecule has 2 rings (SSSR count). The standard InChI is InChI=1S/C14H19NO2/c1-11-9-13(17-2)3-4-14(11)15-7-5-12(10-16)6-8-15/h3-4,9-10,12H,5-8H2,1-2H3. The van der Waals surface area contributed by atoms with Crippen LogP contribution in [0.5, 0.6) is 5.75 Å². The van der Waals surface area contributed by atoms with Gasteiger partial charge >= 0.3 is 0 Å². The van der Waals surface area contributed by atoms with Gasteiger partial charge < -0.3 is 14.4 Å². The minimum Gasteiger partial charge on any atom is -0.497 e. The van der Waals surface area contributed by atoms with Crippen molar-refractivity contribution in [1.82, 2.24) is 0 Å². The fourth-order valence-electron chi connectivity index (χ4n) is 2.39. The van der Waals surface area contributed by atoms with E-state index in [0.717, 1.165) is 38.0 Å². The Labute approximate surface area is 102 Å². The molecule has 1 aromatic rings. The quantitative estimate of drug-likeness (QED) is 0.751. The van der Waals surface area contributed by atoms with Crippen molar-refractivity contribution in [2.24, 2.45) is 5.92 Å². The molecule has 1 aliphatic rings. The van der Waals surface area contributed by atoms with Gasteiger partial charge in [-0.1, -0.05) is 0 Å². The molecule has 0 radical (unpaired) electrons. The smallest absolute Gasteiger partial charge is 0.123 e. The molecule has 0 atom stereocenters. The van der Waals surface area contributed by atoms with Gasteiger partial charge in [0.15, 0.2) is 0 Å². The molecule has 0 spiro atoms. The Kier molecular flexibility index (Phi) is 3.67. The molecule has 1 aliphatic heterocycles. The number of methoxy groups -OCH3 is 1. The molecule has 1 heterocycles. The maximum Gasteiger partial charge on any atom is 0.123 e. The Hall–Kier alpha value is -1.51. The van der Waals surface area contributed by atoms with Crippen LogP contribution in [0.2, 0.25) is 0 Å². The van der Waals surface area contributed by atoms with Crippen molar-refractivity contribution in [2.45, 2.75) is 19.8 Å². The minimum absolute atomic E-state index is 0.254. The van der Waals surface area contributed by atoms with E-state index in [1.807, 2.05) is 6.07 Å². The predicted octanol–water partition coefficient (Wildman–Crippen LogP) is 2.42. The summed E-state index contributed by atoms with van der Waals surface area (Å²) >= 11 is 0. The number of hydrogen-bond donors (Lipinski definition) is 0. The Morgan fingerprint density at radius 3 is 2.59 bits per heavy atom. The highest BCUT2D eigenvalue weighted by Gasteiger charge is 2.19. The molecule has 0 unspecified atom stereocenters. The minimum atomic E-state index is 0.254. The molecular formula is C14H19NO2. The summed E-state index contributed by atoms with van der Waals surface area (Å²) in [7, 11) is 1.68. The van der Waals surface area contributed by atoms with E-state index >= 15 is 0 Å². The van der Waals surface area contributed by atoms with Gasteiger partial charge in [-0.05, 0) is 43.5 Å². The van der Waals surface area contributed by atoms with Crippen LogP contribution in [0.4, 0.5) is 5.69 Å². The van der Waals surface area contributed by atoms with Crippen molar-refractivity contribution in [3.63, 3.8) is 0 Å². The van der Waals surface area contributed by atoms with Gasteiger partial charge in [0.25, 0.3) is 0 Å². The third-order valence-electron chi connectivity index (χ3n) is 3.48. The molecule has 0 saturated carbocycles. The number of aryl methyl sites for hydroxylation is 1. The van der Waals surface area contributed by atoms with Crippen LogP contribution in [0, 0.1) is 12.8 Å². The molecule has 17 heavy (non-hydrogen) atoms. The van der Waals surface area contributed by atoms with E-state index in [1.54, 1.807) is 7.11 Å². The van der Waals surface area contributed by atoms with Gasteiger partial charge in [0.05, 0.1) is 7.11 Å². The number of anilines is 1. The zero-order chi connectivity index (χ0) is 12.3.